The average Bonchev–Trinajstić information content (AvgIpc) is 2.82. The molecule has 0 bridgehead atoms. The quantitative estimate of drug-likeness (QED) is 0.311. The fourth-order valence-electron chi connectivity index (χ4n) is 2.17. The van der Waals surface area contributed by atoms with Gasteiger partial charge in [-0.25, -0.2) is 9.59 Å². The number of hydrogen-bond acceptors (Lipinski definition) is 8. The highest BCUT2D eigenvalue weighted by atomic mass is 16.9. The molecule has 1 aliphatic heterocycles. The summed E-state index contributed by atoms with van der Waals surface area (Å²) in [4.78, 5) is 39.5. The second-order valence-electron chi connectivity index (χ2n) is 6.47. The van der Waals surface area contributed by atoms with Crippen LogP contribution in [-0.2, 0) is 19.1 Å². The fourth-order valence-corrected chi connectivity index (χ4v) is 2.17. The zero-order chi connectivity index (χ0) is 18.3. The molecule has 1 N–H and O–H groups in total. The van der Waals surface area contributed by atoms with Crippen molar-refractivity contribution in [2.24, 2.45) is 0 Å². The van der Waals surface area contributed by atoms with Crippen molar-refractivity contribution in [2.45, 2.75) is 57.8 Å². The van der Waals surface area contributed by atoms with E-state index >= 15 is 0 Å². The Bertz CT molecular complexity index is 462. The first-order valence-electron chi connectivity index (χ1n) is 7.72. The summed E-state index contributed by atoms with van der Waals surface area (Å²) < 4.78 is 10.3. The van der Waals surface area contributed by atoms with Gasteiger partial charge in [0.1, 0.15) is 11.6 Å². The number of likely N-dealkylation sites (tertiary alicyclic amines) is 1. The third kappa shape index (κ3) is 6.99. The first-order chi connectivity index (χ1) is 11.1. The van der Waals surface area contributed by atoms with Gasteiger partial charge >= 0.3 is 12.1 Å². The highest BCUT2D eigenvalue weighted by Crippen LogP contribution is 2.22. The number of hydrogen-bond donors (Lipinski definition) is 1. The molecular weight excluding hydrogens is 324 g/mol. The molecule has 0 unspecified atom stereocenters. The monoisotopic (exact) mass is 348 g/mol. The van der Waals surface area contributed by atoms with Crippen molar-refractivity contribution in [3.05, 3.63) is 10.1 Å². The summed E-state index contributed by atoms with van der Waals surface area (Å²) in [6.07, 6.45) is -0.662. The van der Waals surface area contributed by atoms with Crippen LogP contribution in [0, 0.1) is 10.1 Å². The second kappa shape index (κ2) is 8.67. The van der Waals surface area contributed by atoms with Crippen molar-refractivity contribution < 1.29 is 34.1 Å². The van der Waals surface area contributed by atoms with Crippen LogP contribution in [0.25, 0.3) is 0 Å². The Morgan fingerprint density at radius 1 is 1.29 bits per heavy atom. The summed E-state index contributed by atoms with van der Waals surface area (Å²) in [5.74, 6) is -0.632. The van der Waals surface area contributed by atoms with Crippen LogP contribution in [0.5, 0.6) is 0 Å². The lowest BCUT2D eigenvalue weighted by Crippen LogP contribution is -2.44. The molecule has 0 aliphatic carbocycles. The van der Waals surface area contributed by atoms with Crippen LogP contribution in [0.1, 0.15) is 40.0 Å². The van der Waals surface area contributed by atoms with E-state index in [4.69, 9.17) is 9.47 Å². The molecule has 0 spiro atoms. The molecule has 0 aromatic carbocycles. The molecule has 0 aromatic heterocycles. The van der Waals surface area contributed by atoms with Gasteiger partial charge in [-0.15, -0.1) is 10.1 Å². The Morgan fingerprint density at radius 2 is 1.92 bits per heavy atom. The van der Waals surface area contributed by atoms with Gasteiger partial charge in [0.15, 0.2) is 0 Å². The summed E-state index contributed by atoms with van der Waals surface area (Å²) in [7, 11) is 0. The minimum absolute atomic E-state index is 0.00531. The van der Waals surface area contributed by atoms with Gasteiger partial charge in [-0.05, 0) is 33.6 Å². The van der Waals surface area contributed by atoms with Gasteiger partial charge in [-0.1, -0.05) is 0 Å². The van der Waals surface area contributed by atoms with Gasteiger partial charge in [0.2, 0.25) is 0 Å². The smallest absolute Gasteiger partial charge is 0.411 e. The zero-order valence-electron chi connectivity index (χ0n) is 14.1. The Balaban J connectivity index is 2.43. The van der Waals surface area contributed by atoms with Gasteiger partial charge in [-0.3, -0.25) is 4.90 Å². The van der Waals surface area contributed by atoms with Crippen molar-refractivity contribution in [3.8, 4) is 0 Å². The topological polar surface area (TPSA) is 128 Å². The molecule has 1 amide bonds. The van der Waals surface area contributed by atoms with Crippen LogP contribution in [0.2, 0.25) is 0 Å². The van der Waals surface area contributed by atoms with Crippen LogP contribution in [-0.4, -0.2) is 64.7 Å². The molecular formula is C14H24N2O8. The number of carbonyl (C=O) groups is 2. The number of nitrogens with zero attached hydrogens (tertiary/aromatic N) is 2. The van der Waals surface area contributed by atoms with Crippen LogP contribution in [0.4, 0.5) is 4.79 Å². The Kier molecular flexibility index (Phi) is 7.20. The summed E-state index contributed by atoms with van der Waals surface area (Å²) in [6, 6.07) is -0.898. The number of aliphatic hydroxyl groups is 1. The number of unbranched alkanes of at least 4 members (excludes halogenated alkanes) is 1. The summed E-state index contributed by atoms with van der Waals surface area (Å²) in [6.45, 7) is 5.10. The molecule has 1 fully saturated rings. The largest absolute Gasteiger partial charge is 0.464 e. The number of ether oxygens (including phenoxy) is 2. The molecule has 24 heavy (non-hydrogen) atoms. The average molecular weight is 348 g/mol. The predicted octanol–water partition coefficient (Wildman–Crippen LogP) is 0.888. The maximum Gasteiger partial charge on any atom is 0.411 e. The highest BCUT2D eigenvalue weighted by molar-refractivity contribution is 5.82. The number of esters is 1. The number of amides is 1. The minimum atomic E-state index is -0.898. The molecule has 1 heterocycles. The van der Waals surface area contributed by atoms with E-state index in [0.717, 1.165) is 4.90 Å². The molecule has 0 radical (unpaired) electrons. The van der Waals surface area contributed by atoms with E-state index in [1.807, 2.05) is 0 Å². The van der Waals surface area contributed by atoms with Crippen LogP contribution in [0.15, 0.2) is 0 Å². The maximum absolute atomic E-state index is 12.1. The Labute approximate surface area is 139 Å². The molecule has 1 rings (SSSR count). The first-order valence-corrected chi connectivity index (χ1v) is 7.72. The van der Waals surface area contributed by atoms with Crippen molar-refractivity contribution in [3.63, 3.8) is 0 Å². The summed E-state index contributed by atoms with van der Waals surface area (Å²) >= 11 is 0. The molecule has 10 heteroatoms. The standard InChI is InChI=1S/C14H24N2O8/c1-14(2,3)24-13(19)15-9-10(17)8-11(15)12(18)22-6-4-5-7-23-16(20)21/h10-11,17H,4-9H2,1-3H3/t10-,11+/m1/s1. The highest BCUT2D eigenvalue weighted by Gasteiger charge is 2.41. The van der Waals surface area contributed by atoms with Crippen molar-refractivity contribution >= 4 is 12.1 Å². The van der Waals surface area contributed by atoms with Crippen LogP contribution >= 0.6 is 0 Å². The van der Waals surface area contributed by atoms with E-state index in [1.165, 1.54) is 0 Å². The summed E-state index contributed by atoms with van der Waals surface area (Å²) in [5, 5.41) is 18.8. The fraction of sp³-hybridized carbons (Fsp3) is 0.857. The third-order valence-electron chi connectivity index (χ3n) is 3.16. The van der Waals surface area contributed by atoms with Gasteiger partial charge in [0.05, 0.1) is 25.9 Å². The number of carbonyl (C=O) groups excluding carboxylic acids is 2. The summed E-state index contributed by atoms with van der Waals surface area (Å²) in [5.41, 5.74) is -0.712. The van der Waals surface area contributed by atoms with E-state index in [2.05, 4.69) is 4.84 Å². The van der Waals surface area contributed by atoms with Crippen molar-refractivity contribution in [1.82, 2.24) is 4.90 Å². The lowest BCUT2D eigenvalue weighted by molar-refractivity contribution is -0.757. The predicted molar refractivity (Wildman–Crippen MR) is 80.5 cm³/mol. The van der Waals surface area contributed by atoms with E-state index < -0.39 is 34.9 Å². The SMILES string of the molecule is CC(C)(C)OC(=O)N1C[C@H](O)C[C@H]1C(=O)OCCCCO[N+](=O)[O-]. The first kappa shape index (κ1) is 19.9. The van der Waals surface area contributed by atoms with E-state index in [9.17, 15) is 24.8 Å². The Hall–Kier alpha value is -2.10. The number of rotatable bonds is 7. The lowest BCUT2D eigenvalue weighted by Gasteiger charge is -2.27. The molecule has 138 valence electrons. The van der Waals surface area contributed by atoms with Crippen LogP contribution in [0.3, 0.4) is 0 Å². The molecule has 0 saturated carbocycles. The molecule has 1 saturated heterocycles. The van der Waals surface area contributed by atoms with Crippen molar-refractivity contribution in [2.75, 3.05) is 19.8 Å². The molecule has 2 atom stereocenters. The minimum Gasteiger partial charge on any atom is -0.464 e. The maximum atomic E-state index is 12.1. The van der Waals surface area contributed by atoms with Gasteiger partial charge in [0.25, 0.3) is 5.09 Å². The Morgan fingerprint density at radius 3 is 2.50 bits per heavy atom. The molecule has 0 aromatic rings. The number of β-amino-alcohol motifs (C(OH)–C–C–N with tert-alkyl or cyclic N) is 1. The zero-order valence-corrected chi connectivity index (χ0v) is 14.1. The van der Waals surface area contributed by atoms with Gasteiger partial charge in [-0.2, -0.15) is 0 Å². The van der Waals surface area contributed by atoms with Crippen molar-refractivity contribution in [1.29, 1.82) is 0 Å². The normalized spacial score (nSPS) is 20.6. The third-order valence-corrected chi connectivity index (χ3v) is 3.16. The lowest BCUT2D eigenvalue weighted by atomic mass is 10.2. The molecule has 1 aliphatic rings. The van der Waals surface area contributed by atoms with Gasteiger partial charge in [0, 0.05) is 6.42 Å². The second-order valence-corrected chi connectivity index (χ2v) is 6.47. The van der Waals surface area contributed by atoms with Gasteiger partial charge < -0.3 is 19.4 Å². The molecule has 10 nitrogen and oxygen atoms in total. The van der Waals surface area contributed by atoms with E-state index in [1.54, 1.807) is 20.8 Å². The van der Waals surface area contributed by atoms with E-state index in [-0.39, 0.29) is 26.2 Å². The number of aliphatic hydroxyl groups excluding tert-OH is 1. The van der Waals surface area contributed by atoms with Crippen LogP contribution < -0.4 is 0 Å². The van der Waals surface area contributed by atoms with E-state index in [0.29, 0.717) is 12.8 Å².